The third kappa shape index (κ3) is 4.53. The van der Waals surface area contributed by atoms with Crippen LogP contribution in [0.1, 0.15) is 36.3 Å². The molecule has 182 valence electrons. The van der Waals surface area contributed by atoms with E-state index < -0.39 is 0 Å². The van der Waals surface area contributed by atoms with Crippen LogP contribution in [0, 0.1) is 0 Å². The highest BCUT2D eigenvalue weighted by molar-refractivity contribution is 7.80. The standard InChI is InChI=1S/C27H31N5O2S/c35-27-29-25(23-6-1-2-12-28-23)26(24-7-3-13-31(24)19-22-5-4-16-34-22)32(27)21-10-8-20(9-11-21)30-14-17-33-18-15-30/h1-3,6-13,22,25-26H,4-5,14-19H2,(H,29,35)/t22-,25+,26-/m0/s1. The molecule has 0 aliphatic carbocycles. The molecule has 7 nitrogen and oxygen atoms in total. The summed E-state index contributed by atoms with van der Waals surface area (Å²) in [7, 11) is 0. The summed E-state index contributed by atoms with van der Waals surface area (Å²) in [6.07, 6.45) is 6.51. The number of nitrogens with zero attached hydrogens (tertiary/aromatic N) is 4. The van der Waals surface area contributed by atoms with Crippen molar-refractivity contribution in [2.24, 2.45) is 0 Å². The van der Waals surface area contributed by atoms with Crippen molar-refractivity contribution in [2.75, 3.05) is 42.7 Å². The highest BCUT2D eigenvalue weighted by Crippen LogP contribution is 2.42. The molecule has 3 atom stereocenters. The molecule has 6 rings (SSSR count). The van der Waals surface area contributed by atoms with Crippen LogP contribution < -0.4 is 15.1 Å². The van der Waals surface area contributed by atoms with Gasteiger partial charge in [-0.05, 0) is 73.6 Å². The van der Waals surface area contributed by atoms with E-state index in [1.54, 1.807) is 0 Å². The first-order chi connectivity index (χ1) is 17.3. The smallest absolute Gasteiger partial charge is 0.174 e. The van der Waals surface area contributed by atoms with Crippen LogP contribution in [-0.4, -0.2) is 53.7 Å². The summed E-state index contributed by atoms with van der Waals surface area (Å²) in [5, 5.41) is 4.30. The van der Waals surface area contributed by atoms with Crippen LogP contribution in [0.3, 0.4) is 0 Å². The summed E-state index contributed by atoms with van der Waals surface area (Å²) in [5.74, 6) is 0. The predicted molar refractivity (Wildman–Crippen MR) is 141 cm³/mol. The van der Waals surface area contributed by atoms with E-state index in [9.17, 15) is 0 Å². The average molecular weight is 490 g/mol. The SMILES string of the molecule is S=C1N[C@H](c2ccccn2)[C@H](c2cccn2C[C@@H]2CCCO2)N1c1ccc(N2CCOCC2)cc1. The number of rotatable bonds is 6. The maximum atomic E-state index is 5.96. The molecule has 0 unspecified atom stereocenters. The maximum Gasteiger partial charge on any atom is 0.174 e. The number of aromatic nitrogens is 2. The molecule has 0 saturated carbocycles. The first-order valence-electron chi connectivity index (χ1n) is 12.5. The number of hydrogen-bond acceptors (Lipinski definition) is 5. The van der Waals surface area contributed by atoms with Crippen molar-refractivity contribution < 1.29 is 9.47 Å². The Morgan fingerprint density at radius 2 is 1.80 bits per heavy atom. The van der Waals surface area contributed by atoms with Gasteiger partial charge in [0.2, 0.25) is 0 Å². The minimum atomic E-state index is -0.0548. The van der Waals surface area contributed by atoms with Crippen molar-refractivity contribution in [2.45, 2.75) is 37.6 Å². The molecule has 3 saturated heterocycles. The third-order valence-corrected chi connectivity index (χ3v) is 7.51. The van der Waals surface area contributed by atoms with Crippen LogP contribution in [0.2, 0.25) is 0 Å². The number of ether oxygens (including phenoxy) is 2. The molecular formula is C27H31N5O2S. The molecule has 3 aromatic rings. The lowest BCUT2D eigenvalue weighted by atomic mass is 10.0. The second kappa shape index (κ2) is 9.97. The van der Waals surface area contributed by atoms with Crippen molar-refractivity contribution in [1.82, 2.24) is 14.9 Å². The van der Waals surface area contributed by atoms with Gasteiger partial charge in [0.25, 0.3) is 0 Å². The van der Waals surface area contributed by atoms with Crippen LogP contribution in [0.5, 0.6) is 0 Å². The van der Waals surface area contributed by atoms with E-state index in [2.05, 4.69) is 68.3 Å². The Kier molecular flexibility index (Phi) is 6.41. The fourth-order valence-electron chi connectivity index (χ4n) is 5.45. The van der Waals surface area contributed by atoms with Crippen molar-refractivity contribution in [3.63, 3.8) is 0 Å². The molecule has 8 heteroatoms. The normalized spacial score (nSPS) is 24.7. The van der Waals surface area contributed by atoms with E-state index >= 15 is 0 Å². The quantitative estimate of drug-likeness (QED) is 0.524. The second-order valence-corrected chi connectivity index (χ2v) is 9.72. The van der Waals surface area contributed by atoms with Gasteiger partial charge in [-0.1, -0.05) is 6.07 Å². The Balaban J connectivity index is 1.35. The van der Waals surface area contributed by atoms with Gasteiger partial charge >= 0.3 is 0 Å². The molecule has 0 bridgehead atoms. The second-order valence-electron chi connectivity index (χ2n) is 9.33. The van der Waals surface area contributed by atoms with Gasteiger partial charge in [0.15, 0.2) is 5.11 Å². The molecule has 0 radical (unpaired) electrons. The van der Waals surface area contributed by atoms with Crippen LogP contribution in [0.15, 0.2) is 67.0 Å². The Morgan fingerprint density at radius 3 is 2.54 bits per heavy atom. The Labute approximate surface area is 211 Å². The molecule has 5 heterocycles. The fourth-order valence-corrected chi connectivity index (χ4v) is 5.79. The molecule has 0 amide bonds. The van der Waals surface area contributed by atoms with E-state index in [0.29, 0.717) is 0 Å². The highest BCUT2D eigenvalue weighted by atomic mass is 32.1. The maximum absolute atomic E-state index is 5.96. The Hall–Kier alpha value is -2.94. The lowest BCUT2D eigenvalue weighted by Crippen LogP contribution is -2.36. The van der Waals surface area contributed by atoms with Gasteiger partial charge in [0.1, 0.15) is 6.04 Å². The largest absolute Gasteiger partial charge is 0.378 e. The lowest BCUT2D eigenvalue weighted by Gasteiger charge is -2.31. The van der Waals surface area contributed by atoms with Crippen molar-refractivity contribution >= 4 is 28.7 Å². The predicted octanol–water partition coefficient (Wildman–Crippen LogP) is 4.08. The molecule has 3 aliphatic rings. The van der Waals surface area contributed by atoms with Crippen LogP contribution in [0.25, 0.3) is 0 Å². The third-order valence-electron chi connectivity index (χ3n) is 7.19. The summed E-state index contributed by atoms with van der Waals surface area (Å²) in [6.45, 7) is 5.10. The zero-order chi connectivity index (χ0) is 23.6. The van der Waals surface area contributed by atoms with Gasteiger partial charge in [-0.15, -0.1) is 0 Å². The summed E-state index contributed by atoms with van der Waals surface area (Å²) in [6, 6.07) is 19.1. The van der Waals surface area contributed by atoms with E-state index in [1.807, 2.05) is 18.3 Å². The number of pyridine rings is 1. The van der Waals surface area contributed by atoms with E-state index in [-0.39, 0.29) is 18.2 Å². The molecule has 1 aromatic carbocycles. The molecule has 35 heavy (non-hydrogen) atoms. The lowest BCUT2D eigenvalue weighted by molar-refractivity contribution is 0.0961. The topological polar surface area (TPSA) is 54.8 Å². The zero-order valence-corrected chi connectivity index (χ0v) is 20.6. The number of nitrogens with one attached hydrogen (secondary N) is 1. The number of thiocarbonyl (C=S) groups is 1. The number of morpholine rings is 1. The molecule has 2 aromatic heterocycles. The van der Waals surface area contributed by atoms with Gasteiger partial charge < -0.3 is 29.2 Å². The Morgan fingerprint density at radius 1 is 0.971 bits per heavy atom. The van der Waals surface area contributed by atoms with Gasteiger partial charge in [-0.2, -0.15) is 0 Å². The van der Waals surface area contributed by atoms with E-state index in [0.717, 1.165) is 68.8 Å². The zero-order valence-electron chi connectivity index (χ0n) is 19.8. The molecule has 0 spiro atoms. The number of benzene rings is 1. The monoisotopic (exact) mass is 489 g/mol. The van der Waals surface area contributed by atoms with Crippen LogP contribution >= 0.6 is 12.2 Å². The molecule has 3 aliphatic heterocycles. The number of hydrogen-bond donors (Lipinski definition) is 1. The minimum absolute atomic E-state index is 0.0250. The average Bonchev–Trinajstić information content (AvgIpc) is 3.66. The van der Waals surface area contributed by atoms with Crippen LogP contribution in [-0.2, 0) is 16.0 Å². The first-order valence-corrected chi connectivity index (χ1v) is 12.9. The highest BCUT2D eigenvalue weighted by Gasteiger charge is 2.42. The van der Waals surface area contributed by atoms with E-state index in [4.69, 9.17) is 26.7 Å². The molecule has 1 N–H and O–H groups in total. The first kappa shape index (κ1) is 22.5. The van der Waals surface area contributed by atoms with E-state index in [1.165, 1.54) is 11.4 Å². The van der Waals surface area contributed by atoms with Crippen molar-refractivity contribution in [3.05, 3.63) is 78.4 Å². The van der Waals surface area contributed by atoms with Crippen molar-refractivity contribution in [1.29, 1.82) is 0 Å². The molecular weight excluding hydrogens is 458 g/mol. The minimum Gasteiger partial charge on any atom is -0.378 e. The summed E-state index contributed by atoms with van der Waals surface area (Å²) in [5.41, 5.74) is 4.49. The van der Waals surface area contributed by atoms with Gasteiger partial charge in [-0.3, -0.25) is 4.98 Å². The summed E-state index contributed by atoms with van der Waals surface area (Å²) < 4.78 is 13.8. The summed E-state index contributed by atoms with van der Waals surface area (Å²) >= 11 is 5.92. The van der Waals surface area contributed by atoms with Gasteiger partial charge in [-0.25, -0.2) is 0 Å². The Bertz CT molecular complexity index is 1140. The van der Waals surface area contributed by atoms with Gasteiger partial charge in [0.05, 0.1) is 31.1 Å². The van der Waals surface area contributed by atoms with Crippen molar-refractivity contribution in [3.8, 4) is 0 Å². The summed E-state index contributed by atoms with van der Waals surface area (Å²) in [4.78, 5) is 9.31. The van der Waals surface area contributed by atoms with Crippen LogP contribution in [0.4, 0.5) is 11.4 Å². The number of anilines is 2. The van der Waals surface area contributed by atoms with Gasteiger partial charge in [0, 0.05) is 55.7 Å². The fraction of sp³-hybridized carbons (Fsp3) is 0.407. The molecule has 3 fully saturated rings.